The zero-order valence-corrected chi connectivity index (χ0v) is 16.5. The minimum absolute atomic E-state index is 0.0856. The molecule has 23 heavy (non-hydrogen) atoms. The Labute approximate surface area is 148 Å². The van der Waals surface area contributed by atoms with E-state index in [2.05, 4.69) is 81.7 Å². The number of thiol groups is 1. The number of hydrogen-bond acceptors (Lipinski definition) is 3. The monoisotopic (exact) mass is 332 g/mol. The van der Waals surface area contributed by atoms with Crippen molar-refractivity contribution in [3.63, 3.8) is 0 Å². The van der Waals surface area contributed by atoms with Gasteiger partial charge in [0.05, 0.1) is 0 Å². The van der Waals surface area contributed by atoms with Crippen molar-refractivity contribution in [2.45, 2.75) is 41.5 Å². The second-order valence-electron chi connectivity index (χ2n) is 8.51. The van der Waals surface area contributed by atoms with E-state index in [0.29, 0.717) is 0 Å². The molecule has 128 valence electrons. The summed E-state index contributed by atoms with van der Waals surface area (Å²) in [5.41, 5.74) is 2.93. The number of nitrogens with zero attached hydrogens (tertiary/aromatic N) is 2. The van der Waals surface area contributed by atoms with Gasteiger partial charge in [-0.3, -0.25) is 0 Å². The van der Waals surface area contributed by atoms with E-state index < -0.39 is 0 Å². The lowest BCUT2D eigenvalue weighted by Gasteiger charge is -2.44. The Balaban J connectivity index is 2.19. The molecule has 0 bridgehead atoms. The Morgan fingerprint density at radius 2 is 1.35 bits per heavy atom. The van der Waals surface area contributed by atoms with E-state index >= 15 is 0 Å². The summed E-state index contributed by atoms with van der Waals surface area (Å²) in [5.74, 6) is 0. The molecule has 1 aromatic carbocycles. The average molecular weight is 333 g/mol. The third kappa shape index (κ3) is 4.47. The number of allylic oxidation sites excluding steroid dienone is 2. The van der Waals surface area contributed by atoms with Gasteiger partial charge in [0.25, 0.3) is 0 Å². The third-order valence-corrected chi connectivity index (χ3v) is 5.24. The van der Waals surface area contributed by atoms with E-state index in [1.165, 1.54) is 16.3 Å². The molecule has 1 saturated heterocycles. The predicted octanol–water partition coefficient (Wildman–Crippen LogP) is 5.04. The number of anilines is 1. The van der Waals surface area contributed by atoms with Crippen molar-refractivity contribution in [1.29, 1.82) is 0 Å². The van der Waals surface area contributed by atoms with Gasteiger partial charge in [-0.25, -0.2) is 0 Å². The van der Waals surface area contributed by atoms with E-state index in [1.807, 2.05) is 0 Å². The van der Waals surface area contributed by atoms with Crippen LogP contribution in [0.4, 0.5) is 5.69 Å². The maximum Gasteiger partial charge on any atom is 0.0367 e. The Kier molecular flexibility index (Phi) is 5.40. The van der Waals surface area contributed by atoms with Gasteiger partial charge in [-0.05, 0) is 17.5 Å². The lowest BCUT2D eigenvalue weighted by molar-refractivity contribution is 0.245. The summed E-state index contributed by atoms with van der Waals surface area (Å²) >= 11 is 4.93. The first-order chi connectivity index (χ1) is 10.6. The van der Waals surface area contributed by atoms with Gasteiger partial charge >= 0.3 is 0 Å². The van der Waals surface area contributed by atoms with Gasteiger partial charge < -0.3 is 9.80 Å². The molecule has 1 aliphatic heterocycles. The maximum absolute atomic E-state index is 4.93. The smallest absolute Gasteiger partial charge is 0.0367 e. The number of piperazine rings is 1. The van der Waals surface area contributed by atoms with Gasteiger partial charge in [0.15, 0.2) is 0 Å². The molecule has 1 aromatic rings. The summed E-state index contributed by atoms with van der Waals surface area (Å²) in [6, 6.07) is 10.7. The summed E-state index contributed by atoms with van der Waals surface area (Å²) in [6.07, 6.45) is 0. The lowest BCUT2D eigenvalue weighted by atomic mass is 9.84. The third-order valence-electron chi connectivity index (χ3n) is 4.36. The molecule has 2 nitrogen and oxygen atoms in total. The fourth-order valence-electron chi connectivity index (χ4n) is 3.16. The van der Waals surface area contributed by atoms with Crippen LogP contribution in [0.25, 0.3) is 0 Å². The van der Waals surface area contributed by atoms with E-state index in [-0.39, 0.29) is 10.8 Å². The molecule has 0 amide bonds. The highest BCUT2D eigenvalue weighted by molar-refractivity contribution is 7.84. The molecule has 0 saturated carbocycles. The van der Waals surface area contributed by atoms with Crippen LogP contribution in [-0.4, -0.2) is 31.1 Å². The molecule has 0 spiro atoms. The van der Waals surface area contributed by atoms with Crippen LogP contribution in [0.15, 0.2) is 40.9 Å². The minimum Gasteiger partial charge on any atom is -0.370 e. The quantitative estimate of drug-likeness (QED) is 0.758. The van der Waals surface area contributed by atoms with Crippen molar-refractivity contribution in [2.24, 2.45) is 10.8 Å². The fraction of sp³-hybridized carbons (Fsp3) is 0.600. The van der Waals surface area contributed by atoms with Crippen LogP contribution in [0, 0.1) is 10.8 Å². The number of benzene rings is 1. The zero-order chi connectivity index (χ0) is 17.3. The Bertz CT molecular complexity index is 541. The van der Waals surface area contributed by atoms with Gasteiger partial charge in [-0.15, -0.1) is 12.6 Å². The molecule has 1 heterocycles. The molecular formula is C20H32N2S. The van der Waals surface area contributed by atoms with Crippen molar-refractivity contribution < 1.29 is 0 Å². The first kappa shape index (κ1) is 18.3. The van der Waals surface area contributed by atoms with Crippen LogP contribution in [-0.2, 0) is 0 Å². The fourth-order valence-corrected chi connectivity index (χ4v) is 3.64. The normalized spacial score (nSPS) is 18.0. The summed E-state index contributed by atoms with van der Waals surface area (Å²) in [7, 11) is 0. The summed E-state index contributed by atoms with van der Waals surface area (Å²) in [6.45, 7) is 17.9. The topological polar surface area (TPSA) is 6.48 Å². The van der Waals surface area contributed by atoms with Gasteiger partial charge in [-0.2, -0.15) is 0 Å². The molecule has 2 rings (SSSR count). The van der Waals surface area contributed by atoms with Crippen LogP contribution >= 0.6 is 12.6 Å². The van der Waals surface area contributed by atoms with Crippen LogP contribution < -0.4 is 4.90 Å². The van der Waals surface area contributed by atoms with Crippen molar-refractivity contribution >= 4 is 18.3 Å². The van der Waals surface area contributed by atoms with Crippen molar-refractivity contribution in [1.82, 2.24) is 4.90 Å². The zero-order valence-electron chi connectivity index (χ0n) is 15.6. The molecule has 0 unspecified atom stereocenters. The molecule has 0 atom stereocenters. The SMILES string of the molecule is CC(C)(C)/C(S)=C(/N1CCN(c2ccccc2)CC1)C(C)(C)C. The van der Waals surface area contributed by atoms with E-state index in [4.69, 9.17) is 12.6 Å². The summed E-state index contributed by atoms with van der Waals surface area (Å²) in [5, 5.41) is 0. The Morgan fingerprint density at radius 3 is 1.78 bits per heavy atom. The first-order valence-electron chi connectivity index (χ1n) is 8.60. The highest BCUT2D eigenvalue weighted by atomic mass is 32.1. The number of para-hydroxylation sites is 1. The Hall–Kier alpha value is -1.09. The van der Waals surface area contributed by atoms with E-state index in [0.717, 1.165) is 26.2 Å². The standard InChI is InChI=1S/C20H32N2S/c1-19(2,3)17(18(23)20(4,5)6)22-14-12-21(13-15-22)16-10-8-7-9-11-16/h7-11,23H,12-15H2,1-6H3/b18-17-. The maximum atomic E-state index is 4.93. The van der Waals surface area contributed by atoms with Crippen LogP contribution in [0.1, 0.15) is 41.5 Å². The summed E-state index contributed by atoms with van der Waals surface area (Å²) < 4.78 is 0. The largest absolute Gasteiger partial charge is 0.370 e. The molecule has 1 fully saturated rings. The van der Waals surface area contributed by atoms with E-state index in [1.54, 1.807) is 0 Å². The second kappa shape index (κ2) is 6.80. The van der Waals surface area contributed by atoms with Crippen LogP contribution in [0.3, 0.4) is 0 Å². The van der Waals surface area contributed by atoms with Gasteiger partial charge in [0.2, 0.25) is 0 Å². The molecule has 0 radical (unpaired) electrons. The second-order valence-corrected chi connectivity index (χ2v) is 8.95. The minimum atomic E-state index is 0.0856. The molecule has 0 N–H and O–H groups in total. The summed E-state index contributed by atoms with van der Waals surface area (Å²) in [4.78, 5) is 6.25. The molecule has 3 heteroatoms. The first-order valence-corrected chi connectivity index (χ1v) is 9.04. The molecule has 1 aliphatic rings. The highest BCUT2D eigenvalue weighted by Crippen LogP contribution is 2.40. The highest BCUT2D eigenvalue weighted by Gasteiger charge is 2.31. The van der Waals surface area contributed by atoms with Crippen molar-refractivity contribution in [3.8, 4) is 0 Å². The van der Waals surface area contributed by atoms with Crippen LogP contribution in [0.2, 0.25) is 0 Å². The Morgan fingerprint density at radius 1 is 0.826 bits per heavy atom. The molecular weight excluding hydrogens is 300 g/mol. The average Bonchev–Trinajstić information content (AvgIpc) is 2.46. The molecule has 0 aromatic heterocycles. The van der Waals surface area contributed by atoms with E-state index in [9.17, 15) is 0 Å². The predicted molar refractivity (Wildman–Crippen MR) is 105 cm³/mol. The van der Waals surface area contributed by atoms with Crippen LogP contribution in [0.5, 0.6) is 0 Å². The number of hydrogen-bond donors (Lipinski definition) is 1. The van der Waals surface area contributed by atoms with Crippen molar-refractivity contribution in [3.05, 3.63) is 40.9 Å². The lowest BCUT2D eigenvalue weighted by Crippen LogP contribution is -2.48. The van der Waals surface area contributed by atoms with Gasteiger partial charge in [0, 0.05) is 47.9 Å². The van der Waals surface area contributed by atoms with Gasteiger partial charge in [0.1, 0.15) is 0 Å². The number of rotatable bonds is 2. The van der Waals surface area contributed by atoms with Crippen molar-refractivity contribution in [2.75, 3.05) is 31.1 Å². The molecule has 0 aliphatic carbocycles. The van der Waals surface area contributed by atoms with Gasteiger partial charge in [-0.1, -0.05) is 59.7 Å².